The zero-order valence-corrected chi connectivity index (χ0v) is 14.5. The van der Waals surface area contributed by atoms with E-state index in [1.165, 1.54) is 5.56 Å². The van der Waals surface area contributed by atoms with Gasteiger partial charge >= 0.3 is 0 Å². The van der Waals surface area contributed by atoms with Crippen LogP contribution in [-0.4, -0.2) is 25.3 Å². The second kappa shape index (κ2) is 6.44. The van der Waals surface area contributed by atoms with Crippen molar-refractivity contribution in [3.05, 3.63) is 57.8 Å². The van der Waals surface area contributed by atoms with Gasteiger partial charge in [-0.15, -0.1) is 0 Å². The fourth-order valence-corrected chi connectivity index (χ4v) is 5.71. The van der Waals surface area contributed by atoms with Crippen LogP contribution in [0.5, 0.6) is 0 Å². The average molecular weight is 346 g/mol. The molecule has 0 unspecified atom stereocenters. The van der Waals surface area contributed by atoms with Gasteiger partial charge in [-0.3, -0.25) is 0 Å². The Bertz CT molecular complexity index is 823. The van der Waals surface area contributed by atoms with Gasteiger partial charge in [-0.2, -0.15) is 20.9 Å². The van der Waals surface area contributed by atoms with Gasteiger partial charge in [0.2, 0.25) is 10.0 Å². The summed E-state index contributed by atoms with van der Waals surface area (Å²) in [6.07, 6.45) is 0.855. The van der Waals surface area contributed by atoms with Crippen LogP contribution in [0.1, 0.15) is 36.0 Å². The Hall–Kier alpha value is -1.68. The highest BCUT2D eigenvalue weighted by Crippen LogP contribution is 2.35. The molecule has 1 aliphatic rings. The van der Waals surface area contributed by atoms with Crippen LogP contribution in [0.4, 0.5) is 0 Å². The first-order chi connectivity index (χ1) is 11.0. The van der Waals surface area contributed by atoms with Gasteiger partial charge in [0, 0.05) is 18.5 Å². The largest absolute Gasteiger partial charge is 0.218 e. The maximum atomic E-state index is 12.8. The van der Waals surface area contributed by atoms with Crippen molar-refractivity contribution in [2.75, 3.05) is 6.54 Å². The molecule has 6 heteroatoms. The summed E-state index contributed by atoms with van der Waals surface area (Å²) in [6, 6.07) is 10.9. The number of thiophene rings is 1. The van der Waals surface area contributed by atoms with E-state index < -0.39 is 10.0 Å². The van der Waals surface area contributed by atoms with Crippen molar-refractivity contribution in [1.82, 2.24) is 4.31 Å². The third-order valence-corrected chi connectivity index (χ3v) is 6.92. The lowest BCUT2D eigenvalue weighted by Crippen LogP contribution is -2.34. The zero-order valence-electron chi connectivity index (χ0n) is 12.8. The molecule has 2 aromatic rings. The average Bonchev–Trinajstić information content (AvgIpc) is 3.16. The van der Waals surface area contributed by atoms with E-state index in [1.807, 2.05) is 18.4 Å². The van der Waals surface area contributed by atoms with Crippen LogP contribution in [-0.2, 0) is 15.8 Å². The first kappa shape index (κ1) is 16.2. The van der Waals surface area contributed by atoms with Gasteiger partial charge in [-0.25, -0.2) is 8.42 Å². The minimum atomic E-state index is -3.38. The molecule has 0 saturated carbocycles. The highest BCUT2D eigenvalue weighted by atomic mass is 32.2. The molecule has 120 valence electrons. The van der Waals surface area contributed by atoms with E-state index in [-0.39, 0.29) is 17.7 Å². The van der Waals surface area contributed by atoms with Crippen molar-refractivity contribution in [1.29, 1.82) is 5.26 Å². The standard InChI is InChI=1S/C17H18N2O2S2/c1-13-7-17(16-5-6-22-11-16)10-19(13)23(20,21)12-15-4-2-3-14(8-15)9-18/h2-6,8,11,13,17H,7,10,12H2,1H3/t13-,17-/m0/s1. The van der Waals surface area contributed by atoms with E-state index in [0.717, 1.165) is 6.42 Å². The molecule has 2 atom stereocenters. The van der Waals surface area contributed by atoms with Gasteiger partial charge in [-0.05, 0) is 53.4 Å². The zero-order chi connectivity index (χ0) is 16.4. The monoisotopic (exact) mass is 346 g/mol. The van der Waals surface area contributed by atoms with Crippen molar-refractivity contribution in [3.8, 4) is 6.07 Å². The smallest absolute Gasteiger partial charge is 0.212 e. The summed E-state index contributed by atoms with van der Waals surface area (Å²) in [5.41, 5.74) is 2.38. The molecular formula is C17H18N2O2S2. The van der Waals surface area contributed by atoms with Crippen LogP contribution in [0.15, 0.2) is 41.1 Å². The van der Waals surface area contributed by atoms with Crippen LogP contribution in [0.2, 0.25) is 0 Å². The number of hydrogen-bond donors (Lipinski definition) is 0. The number of benzene rings is 1. The molecule has 0 aliphatic carbocycles. The molecule has 1 fully saturated rings. The summed E-state index contributed by atoms with van der Waals surface area (Å²) in [6.45, 7) is 2.51. The fourth-order valence-electron chi connectivity index (χ4n) is 3.16. The number of sulfonamides is 1. The molecule has 0 N–H and O–H groups in total. The van der Waals surface area contributed by atoms with Crippen LogP contribution in [0.25, 0.3) is 0 Å². The third-order valence-electron chi connectivity index (χ3n) is 4.29. The van der Waals surface area contributed by atoms with E-state index in [1.54, 1.807) is 39.9 Å². The minimum Gasteiger partial charge on any atom is -0.212 e. The Morgan fingerprint density at radius 1 is 1.39 bits per heavy atom. The second-order valence-corrected chi connectivity index (χ2v) is 8.68. The van der Waals surface area contributed by atoms with Crippen molar-refractivity contribution in [2.24, 2.45) is 0 Å². The molecule has 3 rings (SSSR count). The van der Waals surface area contributed by atoms with Gasteiger partial charge in [0.25, 0.3) is 0 Å². The lowest BCUT2D eigenvalue weighted by molar-refractivity contribution is 0.406. The number of rotatable bonds is 4. The molecule has 4 nitrogen and oxygen atoms in total. The quantitative estimate of drug-likeness (QED) is 0.853. The molecule has 23 heavy (non-hydrogen) atoms. The highest BCUT2D eigenvalue weighted by Gasteiger charge is 2.37. The number of hydrogen-bond acceptors (Lipinski definition) is 4. The molecule has 0 radical (unpaired) electrons. The Labute approximate surface area is 141 Å². The van der Waals surface area contributed by atoms with E-state index in [4.69, 9.17) is 5.26 Å². The summed E-state index contributed by atoms with van der Waals surface area (Å²) in [7, 11) is -3.38. The number of nitrogens with zero attached hydrogens (tertiary/aromatic N) is 2. The van der Waals surface area contributed by atoms with Crippen LogP contribution < -0.4 is 0 Å². The maximum Gasteiger partial charge on any atom is 0.218 e. The fraction of sp³-hybridized carbons (Fsp3) is 0.353. The van der Waals surface area contributed by atoms with Crippen molar-refractivity contribution < 1.29 is 8.42 Å². The maximum absolute atomic E-state index is 12.8. The molecule has 1 aromatic carbocycles. The Kier molecular flexibility index (Phi) is 4.53. The molecule has 1 aliphatic heterocycles. The molecule has 0 bridgehead atoms. The van der Waals surface area contributed by atoms with E-state index >= 15 is 0 Å². The number of nitriles is 1. The third kappa shape index (κ3) is 3.47. The van der Waals surface area contributed by atoms with Crippen LogP contribution in [0, 0.1) is 11.3 Å². The summed E-state index contributed by atoms with van der Waals surface area (Å²) < 4.78 is 27.2. The van der Waals surface area contributed by atoms with E-state index in [0.29, 0.717) is 17.7 Å². The summed E-state index contributed by atoms with van der Waals surface area (Å²) in [4.78, 5) is 0. The Balaban J connectivity index is 1.78. The molecule has 0 amide bonds. The molecule has 1 aromatic heterocycles. The first-order valence-electron chi connectivity index (χ1n) is 7.50. The van der Waals surface area contributed by atoms with Gasteiger partial charge in [0.15, 0.2) is 0 Å². The topological polar surface area (TPSA) is 61.2 Å². The normalized spacial score (nSPS) is 22.1. The lowest BCUT2D eigenvalue weighted by Gasteiger charge is -2.21. The van der Waals surface area contributed by atoms with Crippen LogP contribution in [0.3, 0.4) is 0 Å². The van der Waals surface area contributed by atoms with Gasteiger partial charge in [0.05, 0.1) is 17.4 Å². The molecule has 2 heterocycles. The van der Waals surface area contributed by atoms with Gasteiger partial charge in [-0.1, -0.05) is 12.1 Å². The summed E-state index contributed by atoms with van der Waals surface area (Å²) in [5.74, 6) is 0.222. The van der Waals surface area contributed by atoms with E-state index in [9.17, 15) is 8.42 Å². The van der Waals surface area contributed by atoms with Crippen LogP contribution >= 0.6 is 11.3 Å². The molecule has 0 spiro atoms. The predicted octanol–water partition coefficient (Wildman–Crippen LogP) is 3.33. The van der Waals surface area contributed by atoms with E-state index in [2.05, 4.69) is 11.4 Å². The highest BCUT2D eigenvalue weighted by molar-refractivity contribution is 7.88. The first-order valence-corrected chi connectivity index (χ1v) is 10.1. The SMILES string of the molecule is C[C@H]1C[C@H](c2ccsc2)CN1S(=O)(=O)Cc1cccc(C#N)c1. The Morgan fingerprint density at radius 3 is 2.91 bits per heavy atom. The summed E-state index contributed by atoms with van der Waals surface area (Å²) in [5, 5.41) is 13.1. The van der Waals surface area contributed by atoms with Gasteiger partial charge < -0.3 is 0 Å². The Morgan fingerprint density at radius 2 is 2.22 bits per heavy atom. The summed E-state index contributed by atoms with van der Waals surface area (Å²) >= 11 is 1.64. The van der Waals surface area contributed by atoms with Crippen molar-refractivity contribution in [3.63, 3.8) is 0 Å². The minimum absolute atomic E-state index is 0.00375. The lowest BCUT2D eigenvalue weighted by atomic mass is 10.00. The predicted molar refractivity (Wildman–Crippen MR) is 91.6 cm³/mol. The van der Waals surface area contributed by atoms with Crippen molar-refractivity contribution >= 4 is 21.4 Å². The molecule has 1 saturated heterocycles. The second-order valence-electron chi connectivity index (χ2n) is 5.98. The molecular weight excluding hydrogens is 328 g/mol. The van der Waals surface area contributed by atoms with Crippen molar-refractivity contribution in [2.45, 2.75) is 31.1 Å². The van der Waals surface area contributed by atoms with Gasteiger partial charge in [0.1, 0.15) is 0 Å².